The molecule has 0 rings (SSSR count). The number of nitrogens with zero attached hydrogens (tertiary/aromatic N) is 12. The molecule has 12 nitrogen and oxygen atoms in total. The van der Waals surface area contributed by atoms with Crippen molar-refractivity contribution in [1.29, 1.82) is 63.1 Å². The minimum Gasteiger partial charge on any atom is -0.512 e. The van der Waals surface area contributed by atoms with Crippen molar-refractivity contribution < 1.29 is 266 Å². The van der Waals surface area contributed by atoms with Crippen molar-refractivity contribution >= 4 is 0 Å². The van der Waals surface area contributed by atoms with Crippen molar-refractivity contribution in [2.45, 2.75) is 0 Å². The first-order chi connectivity index (χ1) is 12.0. The van der Waals surface area contributed by atoms with E-state index in [0.29, 0.717) is 0 Å². The fourth-order valence-electron chi connectivity index (χ4n) is 0. The van der Waals surface area contributed by atoms with Crippen molar-refractivity contribution in [3.05, 3.63) is 78.9 Å². The molecule has 0 saturated carbocycles. The second kappa shape index (κ2) is 5770. The monoisotopic (exact) mass is 670 g/mol. The van der Waals surface area contributed by atoms with Crippen LogP contribution in [0.2, 0.25) is 0 Å². The molecule has 19 heteroatoms. The molecule has 0 aliphatic heterocycles. The van der Waals surface area contributed by atoms with Crippen molar-refractivity contribution in [3.63, 3.8) is 0 Å². The maximum absolute atomic E-state index is 6.25. The summed E-state index contributed by atoms with van der Waals surface area (Å²) in [6.07, 6.45) is 0. The molecule has 0 fully saturated rings. The topological polar surface area (TPSA) is 285 Å². The Labute approximate surface area is 397 Å². The van der Waals surface area contributed by atoms with Gasteiger partial charge in [-0.1, -0.05) is 0 Å². The molecule has 0 heterocycles. The van der Waals surface area contributed by atoms with Crippen LogP contribution in [0.25, 0.3) is 0 Å². The first kappa shape index (κ1) is 170. The Balaban J connectivity index is -0.00000000292. The molecule has 0 aliphatic rings. The van der Waals surface area contributed by atoms with Crippen LogP contribution in [0.4, 0.5) is 0 Å². The molecule has 0 radical (unpaired) electrons. The summed E-state index contributed by atoms with van der Waals surface area (Å²) in [5.74, 6) is 0. The average Bonchev–Trinajstić information content (AvgIpc) is 2.84. The van der Waals surface area contributed by atoms with Crippen LogP contribution in [0.1, 0.15) is 0 Å². The van der Waals surface area contributed by atoms with Crippen LogP contribution >= 0.6 is 0 Å². The third-order valence-corrected chi connectivity index (χ3v) is 0. The Kier molecular flexibility index (Phi) is 31500. The van der Waals surface area contributed by atoms with Gasteiger partial charge in [-0.3, -0.25) is 0 Å². The van der Waals surface area contributed by atoms with E-state index in [2.05, 4.69) is 0 Å². The van der Waals surface area contributed by atoms with Gasteiger partial charge in [0.05, 0.1) is 0 Å². The minimum atomic E-state index is 0. The SMILES string of the molecule is [C-]#N.[C-]#N.[C-]#N.[C-]#N.[C-]#N.[C-]#N.[C-]#N.[C-]#N.[C-]#N.[C-]#N.[C-]#N.[C-]#N.[Fe+2].[Fe+2].[K+].[K+].[K+].[K+].[Zr+4]. The Bertz CT molecular complexity index is 244. The number of hydrogen-bond donors (Lipinski definition) is 0. The van der Waals surface area contributed by atoms with Crippen LogP contribution in [-0.2, 0) is 60.3 Å². The van der Waals surface area contributed by atoms with Crippen molar-refractivity contribution in [3.8, 4) is 0 Å². The van der Waals surface area contributed by atoms with E-state index < -0.39 is 0 Å². The van der Waals surface area contributed by atoms with E-state index >= 15 is 0 Å². The third kappa shape index (κ3) is 5410. The molecule has 0 aromatic heterocycles. The normalized spacial score (nSPS) is 0.774. The fourth-order valence-corrected chi connectivity index (χ4v) is 0. The summed E-state index contributed by atoms with van der Waals surface area (Å²) in [6, 6.07) is 0. The molecule has 0 saturated heterocycles. The molecule has 0 unspecified atom stereocenters. The molecule has 132 valence electrons. The van der Waals surface area contributed by atoms with Gasteiger partial charge in [0.1, 0.15) is 0 Å². The summed E-state index contributed by atoms with van der Waals surface area (Å²) in [7, 11) is 0. The van der Waals surface area contributed by atoms with E-state index in [1.54, 1.807) is 0 Å². The van der Waals surface area contributed by atoms with Gasteiger partial charge < -0.3 is 142 Å². The van der Waals surface area contributed by atoms with Gasteiger partial charge in [-0.05, 0) is 0 Å². The first-order valence-electron chi connectivity index (χ1n) is 2.68. The molecular weight excluding hydrogens is 672 g/mol. The van der Waals surface area contributed by atoms with Crippen LogP contribution < -0.4 is 206 Å². The Morgan fingerprint density at radius 1 is 0.194 bits per heavy atom. The van der Waals surface area contributed by atoms with E-state index in [9.17, 15) is 0 Å². The van der Waals surface area contributed by atoms with E-state index in [1.165, 1.54) is 0 Å². The Morgan fingerprint density at radius 2 is 0.194 bits per heavy atom. The summed E-state index contributed by atoms with van der Waals surface area (Å²) in [5.41, 5.74) is 0. The second-order valence-corrected chi connectivity index (χ2v) is 0. The van der Waals surface area contributed by atoms with E-state index in [0.717, 1.165) is 0 Å². The summed E-state index contributed by atoms with van der Waals surface area (Å²) >= 11 is 0. The fraction of sp³-hybridized carbons (Fsp3) is 0. The summed E-state index contributed by atoms with van der Waals surface area (Å²) in [6.45, 7) is 57.0. The van der Waals surface area contributed by atoms with Crippen LogP contribution in [-0.4, -0.2) is 0 Å². The second-order valence-electron chi connectivity index (χ2n) is 0. The van der Waals surface area contributed by atoms with Gasteiger partial charge in [0.15, 0.2) is 0 Å². The van der Waals surface area contributed by atoms with Crippen molar-refractivity contribution in [1.82, 2.24) is 0 Å². The van der Waals surface area contributed by atoms with Gasteiger partial charge in [0, 0.05) is 0 Å². The summed E-state index contributed by atoms with van der Waals surface area (Å²) in [5, 5.41) is 75.0. The molecule has 0 aromatic carbocycles. The minimum absolute atomic E-state index is 0. The van der Waals surface area contributed by atoms with Crippen LogP contribution in [0, 0.1) is 142 Å². The molecule has 0 N–H and O–H groups in total. The van der Waals surface area contributed by atoms with Gasteiger partial charge >= 0.3 is 266 Å². The van der Waals surface area contributed by atoms with E-state index in [-0.39, 0.29) is 266 Å². The first-order valence-corrected chi connectivity index (χ1v) is 2.68. The van der Waals surface area contributed by atoms with Crippen molar-refractivity contribution in [2.24, 2.45) is 0 Å². The predicted octanol–water partition coefficient (Wildman–Crippen LogP) is -10.8. The van der Waals surface area contributed by atoms with Gasteiger partial charge in [-0.25, -0.2) is 0 Å². The Hall–Kier alpha value is 2.35. The zero-order valence-corrected chi connectivity index (χ0v) is 33.7. The molecule has 0 amide bonds. The molecule has 31 heavy (non-hydrogen) atoms. The maximum Gasteiger partial charge on any atom is 4.00 e. The van der Waals surface area contributed by atoms with Crippen LogP contribution in [0.15, 0.2) is 0 Å². The number of rotatable bonds is 0. The van der Waals surface area contributed by atoms with Crippen molar-refractivity contribution in [2.75, 3.05) is 0 Å². The molecule has 0 bridgehead atoms. The van der Waals surface area contributed by atoms with Gasteiger partial charge in [-0.15, -0.1) is 0 Å². The Morgan fingerprint density at radius 3 is 0.194 bits per heavy atom. The van der Waals surface area contributed by atoms with Gasteiger partial charge in [-0.2, -0.15) is 0 Å². The molecule has 0 aliphatic carbocycles. The largest absolute Gasteiger partial charge is 4.00 e. The number of hydrogen-bond acceptors (Lipinski definition) is 12. The average molecular weight is 672 g/mol. The maximum atomic E-state index is 6.25. The smallest absolute Gasteiger partial charge is 0.512 e. The molecule has 0 aromatic rings. The quantitative estimate of drug-likeness (QED) is 0.171. The molecule has 0 atom stereocenters. The van der Waals surface area contributed by atoms with Crippen LogP contribution in [0.5, 0.6) is 0 Å². The standard InChI is InChI=1S/12CN.2Fe.4K.Zr/c12*1-2;;;;;;;/q12*-1;2*+2;4*+1;+4. The predicted molar refractivity (Wildman–Crippen MR) is 59.6 cm³/mol. The van der Waals surface area contributed by atoms with Gasteiger partial charge in [0.2, 0.25) is 0 Å². The van der Waals surface area contributed by atoms with E-state index in [1.807, 2.05) is 0 Å². The van der Waals surface area contributed by atoms with E-state index in [4.69, 9.17) is 142 Å². The zero-order chi connectivity index (χ0) is 24.0. The zero-order valence-electron chi connectivity index (χ0n) is 16.6. The summed E-state index contributed by atoms with van der Waals surface area (Å²) in [4.78, 5) is 0. The van der Waals surface area contributed by atoms with Gasteiger partial charge in [0.25, 0.3) is 0 Å². The molecule has 0 spiro atoms. The molecular formula is C12Fe2K4N12Zr. The van der Waals surface area contributed by atoms with Crippen LogP contribution in [0.3, 0.4) is 0 Å². The third-order valence-electron chi connectivity index (χ3n) is 0. The summed E-state index contributed by atoms with van der Waals surface area (Å²) < 4.78 is 0.